The van der Waals surface area contributed by atoms with Crippen LogP contribution >= 0.6 is 0 Å². The maximum atomic E-state index is 12.5. The number of esters is 1. The Bertz CT molecular complexity index is 777. The topological polar surface area (TPSA) is 84.1 Å². The first-order valence-electron chi connectivity index (χ1n) is 7.65. The van der Waals surface area contributed by atoms with E-state index in [2.05, 4.69) is 15.5 Å². The second kappa shape index (κ2) is 5.87. The van der Waals surface area contributed by atoms with E-state index in [1.807, 2.05) is 19.9 Å². The number of nitrogens with one attached hydrogen (secondary N) is 2. The normalized spacial score (nSPS) is 13.7. The van der Waals surface area contributed by atoms with Crippen LogP contribution in [0.3, 0.4) is 0 Å². The van der Waals surface area contributed by atoms with Gasteiger partial charge in [-0.15, -0.1) is 0 Å². The Kier molecular flexibility index (Phi) is 3.90. The summed E-state index contributed by atoms with van der Waals surface area (Å²) in [6.07, 6.45) is 1.19. The molecule has 1 aromatic heterocycles. The number of carbonyl (C=O) groups is 2. The number of H-pyrrole nitrogens is 1. The van der Waals surface area contributed by atoms with Crippen molar-refractivity contribution >= 4 is 17.6 Å². The molecule has 1 aliphatic rings. The first-order valence-corrected chi connectivity index (χ1v) is 7.65. The van der Waals surface area contributed by atoms with E-state index >= 15 is 0 Å². The maximum absolute atomic E-state index is 12.5. The lowest BCUT2D eigenvalue weighted by Gasteiger charge is -2.17. The Morgan fingerprint density at radius 1 is 1.30 bits per heavy atom. The molecule has 6 heteroatoms. The summed E-state index contributed by atoms with van der Waals surface area (Å²) in [6.45, 7) is 5.74. The lowest BCUT2D eigenvalue weighted by atomic mass is 10.0. The van der Waals surface area contributed by atoms with Crippen LogP contribution in [0.1, 0.15) is 53.5 Å². The van der Waals surface area contributed by atoms with Crippen LogP contribution in [-0.4, -0.2) is 22.1 Å². The highest BCUT2D eigenvalue weighted by Crippen LogP contribution is 2.28. The molecule has 1 amide bonds. The molecule has 2 aromatic rings. The average Bonchev–Trinajstić information content (AvgIpc) is 2.89. The Morgan fingerprint density at radius 3 is 2.83 bits per heavy atom. The van der Waals surface area contributed by atoms with Crippen molar-refractivity contribution in [1.29, 1.82) is 0 Å². The van der Waals surface area contributed by atoms with Gasteiger partial charge in [-0.3, -0.25) is 9.89 Å². The number of aromatic nitrogens is 2. The molecule has 0 saturated heterocycles. The summed E-state index contributed by atoms with van der Waals surface area (Å²) in [4.78, 5) is 24.0. The number of ether oxygens (including phenoxy) is 1. The molecular weight excluding hydrogens is 294 g/mol. The number of hydrogen-bond acceptors (Lipinski definition) is 4. The maximum Gasteiger partial charge on any atom is 0.347 e. The zero-order valence-corrected chi connectivity index (χ0v) is 13.4. The Morgan fingerprint density at radius 2 is 2.09 bits per heavy atom. The van der Waals surface area contributed by atoms with E-state index in [1.165, 1.54) is 0 Å². The molecule has 1 aliphatic heterocycles. The van der Waals surface area contributed by atoms with Gasteiger partial charge >= 0.3 is 5.97 Å². The molecule has 2 heterocycles. The van der Waals surface area contributed by atoms with E-state index in [1.54, 1.807) is 19.1 Å². The van der Waals surface area contributed by atoms with Crippen molar-refractivity contribution in [2.24, 2.45) is 0 Å². The Hall–Kier alpha value is -2.63. The molecule has 1 aromatic carbocycles. The van der Waals surface area contributed by atoms with Gasteiger partial charge in [0.05, 0.1) is 5.69 Å². The molecule has 0 aliphatic carbocycles. The summed E-state index contributed by atoms with van der Waals surface area (Å²) in [7, 11) is 0. The van der Waals surface area contributed by atoms with Gasteiger partial charge in [-0.2, -0.15) is 5.10 Å². The fourth-order valence-electron chi connectivity index (χ4n) is 2.70. The van der Waals surface area contributed by atoms with Crippen molar-refractivity contribution < 1.29 is 14.3 Å². The van der Waals surface area contributed by atoms with Crippen LogP contribution < -0.4 is 10.1 Å². The van der Waals surface area contributed by atoms with Crippen molar-refractivity contribution in [3.05, 3.63) is 40.7 Å². The molecule has 0 saturated carbocycles. The third-order valence-corrected chi connectivity index (χ3v) is 3.91. The van der Waals surface area contributed by atoms with E-state index < -0.39 is 5.97 Å². The van der Waals surface area contributed by atoms with Crippen LogP contribution in [0.25, 0.3) is 0 Å². The zero-order chi connectivity index (χ0) is 16.6. The molecule has 3 rings (SSSR count). The van der Waals surface area contributed by atoms with Crippen molar-refractivity contribution in [2.75, 3.05) is 5.32 Å². The summed E-state index contributed by atoms with van der Waals surface area (Å²) in [5.74, 6) is 0.0624. The van der Waals surface area contributed by atoms with Gasteiger partial charge in [0, 0.05) is 23.9 Å². The van der Waals surface area contributed by atoms with Gasteiger partial charge in [-0.25, -0.2) is 4.79 Å². The predicted molar refractivity (Wildman–Crippen MR) is 85.8 cm³/mol. The summed E-state index contributed by atoms with van der Waals surface area (Å²) in [6, 6.07) is 5.32. The molecule has 120 valence electrons. The summed E-state index contributed by atoms with van der Waals surface area (Å²) in [5, 5.41) is 9.81. The average molecular weight is 313 g/mol. The molecule has 0 spiro atoms. The largest absolute Gasteiger partial charge is 0.423 e. The molecule has 2 N–H and O–H groups in total. The minimum Gasteiger partial charge on any atom is -0.423 e. The van der Waals surface area contributed by atoms with Crippen molar-refractivity contribution in [3.63, 3.8) is 0 Å². The SMILES string of the molecule is Cc1[nH]nc(C(C)C)c1C(=O)Oc1ccc2c(c1)NC(=O)CC2. The lowest BCUT2D eigenvalue weighted by molar-refractivity contribution is -0.116. The molecule has 0 atom stereocenters. The van der Waals surface area contributed by atoms with Crippen LogP contribution in [0.5, 0.6) is 5.75 Å². The number of aromatic amines is 1. The number of aryl methyl sites for hydroxylation is 2. The number of benzene rings is 1. The van der Waals surface area contributed by atoms with Gasteiger partial charge in [0.1, 0.15) is 11.3 Å². The van der Waals surface area contributed by atoms with Gasteiger partial charge < -0.3 is 10.1 Å². The quantitative estimate of drug-likeness (QED) is 0.674. The minimum atomic E-state index is -0.443. The number of fused-ring (bicyclic) bond motifs is 1. The first kappa shape index (κ1) is 15.3. The Labute approximate surface area is 134 Å². The van der Waals surface area contributed by atoms with Crippen molar-refractivity contribution in [3.8, 4) is 5.75 Å². The van der Waals surface area contributed by atoms with E-state index in [9.17, 15) is 9.59 Å². The summed E-state index contributed by atoms with van der Waals surface area (Å²) in [5.41, 5.74) is 3.61. The standard InChI is InChI=1S/C17H19N3O3/c1-9(2)16-15(10(3)19-20-16)17(22)23-12-6-4-11-5-7-14(21)18-13(11)8-12/h4,6,8-9H,5,7H2,1-3H3,(H,18,21)(H,19,20). The lowest BCUT2D eigenvalue weighted by Crippen LogP contribution is -2.19. The smallest absolute Gasteiger partial charge is 0.347 e. The number of rotatable bonds is 3. The third kappa shape index (κ3) is 2.97. The fraction of sp³-hybridized carbons (Fsp3) is 0.353. The van der Waals surface area contributed by atoms with Crippen LogP contribution in [0, 0.1) is 6.92 Å². The molecule has 0 fully saturated rings. The number of hydrogen-bond donors (Lipinski definition) is 2. The summed E-state index contributed by atoms with van der Waals surface area (Å²) < 4.78 is 5.48. The fourth-order valence-corrected chi connectivity index (χ4v) is 2.70. The number of carbonyl (C=O) groups excluding carboxylic acids is 2. The van der Waals surface area contributed by atoms with Crippen molar-refractivity contribution in [1.82, 2.24) is 10.2 Å². The summed E-state index contributed by atoms with van der Waals surface area (Å²) >= 11 is 0. The number of amides is 1. The van der Waals surface area contributed by atoms with Crippen LogP contribution in [-0.2, 0) is 11.2 Å². The van der Waals surface area contributed by atoms with E-state index in [0.717, 1.165) is 5.56 Å². The predicted octanol–water partition coefficient (Wildman–Crippen LogP) is 2.95. The molecular formula is C17H19N3O3. The second-order valence-corrected chi connectivity index (χ2v) is 6.02. The number of nitrogens with zero attached hydrogens (tertiary/aromatic N) is 1. The zero-order valence-electron chi connectivity index (χ0n) is 13.4. The third-order valence-electron chi connectivity index (χ3n) is 3.91. The number of anilines is 1. The highest BCUT2D eigenvalue weighted by Gasteiger charge is 2.23. The van der Waals surface area contributed by atoms with Gasteiger partial charge in [0.15, 0.2) is 0 Å². The van der Waals surface area contributed by atoms with Crippen LogP contribution in [0.2, 0.25) is 0 Å². The molecule has 23 heavy (non-hydrogen) atoms. The van der Waals surface area contributed by atoms with Gasteiger partial charge in [0.2, 0.25) is 5.91 Å². The highest BCUT2D eigenvalue weighted by molar-refractivity contribution is 5.95. The van der Waals surface area contributed by atoms with Gasteiger partial charge in [-0.1, -0.05) is 19.9 Å². The second-order valence-electron chi connectivity index (χ2n) is 6.02. The first-order chi connectivity index (χ1) is 11.0. The highest BCUT2D eigenvalue weighted by atomic mass is 16.5. The van der Waals surface area contributed by atoms with Gasteiger partial charge in [0.25, 0.3) is 0 Å². The Balaban J connectivity index is 1.85. The van der Waals surface area contributed by atoms with E-state index in [-0.39, 0.29) is 11.8 Å². The van der Waals surface area contributed by atoms with Gasteiger partial charge in [-0.05, 0) is 30.9 Å². The molecule has 0 bridgehead atoms. The van der Waals surface area contributed by atoms with Crippen molar-refractivity contribution in [2.45, 2.75) is 39.5 Å². The molecule has 0 radical (unpaired) electrons. The monoisotopic (exact) mass is 313 g/mol. The molecule has 0 unspecified atom stereocenters. The van der Waals surface area contributed by atoms with E-state index in [4.69, 9.17) is 4.74 Å². The molecule has 6 nitrogen and oxygen atoms in total. The van der Waals surface area contributed by atoms with Crippen LogP contribution in [0.15, 0.2) is 18.2 Å². The van der Waals surface area contributed by atoms with E-state index in [0.29, 0.717) is 41.2 Å². The minimum absolute atomic E-state index is 0.0197. The van der Waals surface area contributed by atoms with Crippen LogP contribution in [0.4, 0.5) is 5.69 Å².